The van der Waals surface area contributed by atoms with Crippen molar-refractivity contribution in [3.05, 3.63) is 68.6 Å². The lowest BCUT2D eigenvalue weighted by Crippen LogP contribution is -2.10. The number of ether oxygens (including phenoxy) is 2. The number of rotatable bonds is 5. The monoisotopic (exact) mass is 378 g/mol. The van der Waals surface area contributed by atoms with Crippen LogP contribution >= 0.6 is 15.9 Å². The van der Waals surface area contributed by atoms with E-state index in [1.807, 2.05) is 0 Å². The van der Waals surface area contributed by atoms with Gasteiger partial charge in [0.05, 0.1) is 22.1 Å². The van der Waals surface area contributed by atoms with Gasteiger partial charge < -0.3 is 9.47 Å². The highest BCUT2D eigenvalue weighted by Crippen LogP contribution is 2.37. The molecule has 0 aliphatic carbocycles. The summed E-state index contributed by atoms with van der Waals surface area (Å²) < 4.78 is 10.9. The first kappa shape index (κ1) is 16.6. The number of benzene rings is 1. The van der Waals surface area contributed by atoms with Gasteiger partial charge in [-0.25, -0.2) is 4.79 Å². The van der Waals surface area contributed by atoms with E-state index in [1.165, 1.54) is 25.4 Å². The normalized spacial score (nSPS) is 10.5. The summed E-state index contributed by atoms with van der Waals surface area (Å²) in [7, 11) is 1.41. The van der Waals surface area contributed by atoms with Crippen molar-refractivity contribution in [1.29, 1.82) is 0 Å². The fraction of sp³-hybridized carbons (Fsp3) is 0.0667. The lowest BCUT2D eigenvalue weighted by molar-refractivity contribution is -0.400. The minimum Gasteiger partial charge on any atom is -0.493 e. The van der Waals surface area contributed by atoms with E-state index in [0.717, 1.165) is 6.20 Å². The van der Waals surface area contributed by atoms with Crippen LogP contribution in [-0.4, -0.2) is 23.0 Å². The number of halogens is 1. The van der Waals surface area contributed by atoms with Gasteiger partial charge in [0.25, 0.3) is 0 Å². The van der Waals surface area contributed by atoms with Gasteiger partial charge in [-0.05, 0) is 45.8 Å². The van der Waals surface area contributed by atoms with Gasteiger partial charge in [-0.3, -0.25) is 15.1 Å². The standard InChI is InChI=1S/C15H11BrN2O5/c1-22-13-8-10(4-6-18(20)21)7-12(16)14(13)23-15(19)11-3-2-5-17-9-11/h2-9H,1H3. The van der Waals surface area contributed by atoms with Gasteiger partial charge in [-0.1, -0.05) is 0 Å². The van der Waals surface area contributed by atoms with Gasteiger partial charge in [-0.15, -0.1) is 0 Å². The van der Waals surface area contributed by atoms with Crippen LogP contribution in [0.4, 0.5) is 0 Å². The zero-order valence-corrected chi connectivity index (χ0v) is 13.5. The molecule has 2 rings (SSSR count). The first-order valence-electron chi connectivity index (χ1n) is 6.32. The molecule has 7 nitrogen and oxygen atoms in total. The second-order valence-electron chi connectivity index (χ2n) is 4.27. The van der Waals surface area contributed by atoms with Crippen molar-refractivity contribution in [2.45, 2.75) is 0 Å². The van der Waals surface area contributed by atoms with E-state index >= 15 is 0 Å². The molecule has 0 unspecified atom stereocenters. The minimum absolute atomic E-state index is 0.180. The zero-order valence-electron chi connectivity index (χ0n) is 11.9. The molecule has 0 saturated carbocycles. The molecule has 0 spiro atoms. The fourth-order valence-corrected chi connectivity index (χ4v) is 2.26. The van der Waals surface area contributed by atoms with Crippen LogP contribution < -0.4 is 9.47 Å². The molecule has 1 aromatic heterocycles. The quantitative estimate of drug-likeness (QED) is 0.343. The molecule has 0 amide bonds. The summed E-state index contributed by atoms with van der Waals surface area (Å²) in [6.07, 6.45) is 5.04. The fourth-order valence-electron chi connectivity index (χ4n) is 1.72. The number of aromatic nitrogens is 1. The predicted molar refractivity (Wildman–Crippen MR) is 85.9 cm³/mol. The van der Waals surface area contributed by atoms with Crippen molar-refractivity contribution in [2.75, 3.05) is 7.11 Å². The number of carbonyl (C=O) groups is 1. The van der Waals surface area contributed by atoms with Gasteiger partial charge in [0, 0.05) is 18.5 Å². The number of methoxy groups -OCH3 is 1. The number of esters is 1. The third-order valence-corrected chi connectivity index (χ3v) is 3.32. The molecule has 0 saturated heterocycles. The molecule has 118 valence electrons. The lowest BCUT2D eigenvalue weighted by Gasteiger charge is -2.12. The van der Waals surface area contributed by atoms with Crippen LogP contribution in [0.1, 0.15) is 15.9 Å². The summed E-state index contributed by atoms with van der Waals surface area (Å²) in [5.41, 5.74) is 0.811. The van der Waals surface area contributed by atoms with Crippen molar-refractivity contribution < 1.29 is 19.2 Å². The molecule has 2 aromatic rings. The highest BCUT2D eigenvalue weighted by Gasteiger charge is 2.16. The van der Waals surface area contributed by atoms with Crippen LogP contribution in [-0.2, 0) is 0 Å². The van der Waals surface area contributed by atoms with Crippen LogP contribution in [0.3, 0.4) is 0 Å². The van der Waals surface area contributed by atoms with Gasteiger partial charge in [0.15, 0.2) is 11.5 Å². The van der Waals surface area contributed by atoms with Crippen molar-refractivity contribution in [3.8, 4) is 11.5 Å². The summed E-state index contributed by atoms with van der Waals surface area (Å²) >= 11 is 3.27. The number of hydrogen-bond acceptors (Lipinski definition) is 6. The Morgan fingerprint density at radius 2 is 2.22 bits per heavy atom. The van der Waals surface area contributed by atoms with Gasteiger partial charge >= 0.3 is 5.97 Å². The number of hydrogen-bond donors (Lipinski definition) is 0. The van der Waals surface area contributed by atoms with E-state index < -0.39 is 10.9 Å². The SMILES string of the molecule is COc1cc(C=C[N+](=O)[O-])cc(Br)c1OC(=O)c1cccnc1. The van der Waals surface area contributed by atoms with E-state index in [4.69, 9.17) is 9.47 Å². The maximum Gasteiger partial charge on any atom is 0.345 e. The predicted octanol–water partition coefficient (Wildman–Crippen LogP) is 3.32. The molecule has 0 aliphatic heterocycles. The Morgan fingerprint density at radius 3 is 2.83 bits per heavy atom. The molecule has 0 aliphatic rings. The zero-order chi connectivity index (χ0) is 16.8. The molecule has 1 heterocycles. The molecule has 0 N–H and O–H groups in total. The minimum atomic E-state index is -0.592. The molecule has 0 fully saturated rings. The summed E-state index contributed by atoms with van der Waals surface area (Å²) in [5.74, 6) is -0.148. The Labute approximate surface area is 139 Å². The first-order chi connectivity index (χ1) is 11.0. The van der Waals surface area contributed by atoms with Gasteiger partial charge in [0.2, 0.25) is 6.20 Å². The summed E-state index contributed by atoms with van der Waals surface area (Å²) in [5, 5.41) is 10.4. The summed E-state index contributed by atoms with van der Waals surface area (Å²) in [6, 6.07) is 6.29. The van der Waals surface area contributed by atoms with E-state index in [0.29, 0.717) is 15.6 Å². The Kier molecular flexibility index (Phi) is 5.42. The molecule has 1 aromatic carbocycles. The Hall–Kier alpha value is -2.74. The van der Waals surface area contributed by atoms with Crippen LogP contribution in [0.25, 0.3) is 6.08 Å². The average molecular weight is 379 g/mol. The maximum absolute atomic E-state index is 12.1. The van der Waals surface area contributed by atoms with Crippen molar-refractivity contribution in [1.82, 2.24) is 4.98 Å². The molecule has 0 bridgehead atoms. The van der Waals surface area contributed by atoms with Crippen LogP contribution in [0.15, 0.2) is 47.3 Å². The molecule has 0 radical (unpaired) electrons. The van der Waals surface area contributed by atoms with E-state index in [9.17, 15) is 14.9 Å². The van der Waals surface area contributed by atoms with E-state index in [1.54, 1.807) is 24.4 Å². The van der Waals surface area contributed by atoms with E-state index in [-0.39, 0.29) is 11.5 Å². The smallest absolute Gasteiger partial charge is 0.345 e. The van der Waals surface area contributed by atoms with Gasteiger partial charge in [0.1, 0.15) is 0 Å². The van der Waals surface area contributed by atoms with Gasteiger partial charge in [-0.2, -0.15) is 0 Å². The van der Waals surface area contributed by atoms with Crippen molar-refractivity contribution in [2.24, 2.45) is 0 Å². The first-order valence-corrected chi connectivity index (χ1v) is 7.12. The lowest BCUT2D eigenvalue weighted by atomic mass is 10.2. The highest BCUT2D eigenvalue weighted by atomic mass is 79.9. The second kappa shape index (κ2) is 7.50. The molecule has 23 heavy (non-hydrogen) atoms. The largest absolute Gasteiger partial charge is 0.493 e. The molecular formula is C15H11BrN2O5. The summed E-state index contributed by atoms with van der Waals surface area (Å²) in [4.78, 5) is 25.8. The van der Waals surface area contributed by atoms with Crippen LogP contribution in [0, 0.1) is 10.1 Å². The Morgan fingerprint density at radius 1 is 1.43 bits per heavy atom. The molecule has 0 atom stereocenters. The van der Waals surface area contributed by atoms with Crippen LogP contribution in [0.2, 0.25) is 0 Å². The number of carbonyl (C=O) groups excluding carboxylic acids is 1. The second-order valence-corrected chi connectivity index (χ2v) is 5.12. The van der Waals surface area contributed by atoms with Crippen molar-refractivity contribution in [3.63, 3.8) is 0 Å². The van der Waals surface area contributed by atoms with Crippen LogP contribution in [0.5, 0.6) is 11.5 Å². The average Bonchev–Trinajstić information content (AvgIpc) is 2.55. The topological polar surface area (TPSA) is 91.6 Å². The Bertz CT molecular complexity index is 762. The number of pyridine rings is 1. The number of nitrogens with zero attached hydrogens (tertiary/aromatic N) is 2. The summed E-state index contributed by atoms with van der Waals surface area (Å²) in [6.45, 7) is 0. The maximum atomic E-state index is 12.1. The molecule has 8 heteroatoms. The van der Waals surface area contributed by atoms with E-state index in [2.05, 4.69) is 20.9 Å². The third kappa shape index (κ3) is 4.36. The number of nitro groups is 1. The third-order valence-electron chi connectivity index (χ3n) is 2.73. The highest BCUT2D eigenvalue weighted by molar-refractivity contribution is 9.10. The molecular weight excluding hydrogens is 368 g/mol. The van der Waals surface area contributed by atoms with Crippen molar-refractivity contribution >= 4 is 28.0 Å². The Balaban J connectivity index is 2.31.